The molecule has 0 aliphatic carbocycles. The first-order valence-corrected chi connectivity index (χ1v) is 12.0. The van der Waals surface area contributed by atoms with Crippen LogP contribution in [-0.2, 0) is 14.6 Å². The van der Waals surface area contributed by atoms with Crippen molar-refractivity contribution in [2.45, 2.75) is 77.6 Å². The van der Waals surface area contributed by atoms with Gasteiger partial charge in [0.25, 0.3) is 0 Å². The molecule has 0 unspecified atom stereocenters. The van der Waals surface area contributed by atoms with Crippen LogP contribution >= 0.6 is 0 Å². The first-order valence-electron chi connectivity index (χ1n) is 10.6. The summed E-state index contributed by atoms with van der Waals surface area (Å²) in [7, 11) is 1.36. The van der Waals surface area contributed by atoms with Crippen molar-refractivity contribution in [2.24, 2.45) is 0 Å². The fourth-order valence-corrected chi connectivity index (χ4v) is 3.13. The number of unbranched alkanes of at least 4 members (excludes halogenated alkanes) is 10. The molecule has 0 radical (unpaired) electrons. The van der Waals surface area contributed by atoms with Crippen molar-refractivity contribution in [2.75, 3.05) is 27.7 Å². The molecule has 0 aliphatic heterocycles. The van der Waals surface area contributed by atoms with Crippen molar-refractivity contribution in [1.82, 2.24) is 4.48 Å². The number of rotatable bonds is 14. The predicted molar refractivity (Wildman–Crippen MR) is 120 cm³/mol. The van der Waals surface area contributed by atoms with Gasteiger partial charge in [-0.2, -0.15) is 8.42 Å². The summed E-state index contributed by atoms with van der Waals surface area (Å²) in [5.74, 6) is 0. The second-order valence-electron chi connectivity index (χ2n) is 7.87. The second-order valence-corrected chi connectivity index (χ2v) is 9.06. The van der Waals surface area contributed by atoms with Gasteiger partial charge >= 0.3 is 10.4 Å². The number of quaternary nitrogens is 1. The zero-order valence-corrected chi connectivity index (χ0v) is 19.2. The Morgan fingerprint density at radius 2 is 1.21 bits per heavy atom. The summed E-state index contributed by atoms with van der Waals surface area (Å²) in [6.45, 7) is 3.54. The second kappa shape index (κ2) is 15.9. The summed E-state index contributed by atoms with van der Waals surface area (Å²) in [4.78, 5) is 0. The van der Waals surface area contributed by atoms with E-state index in [4.69, 9.17) is 4.55 Å². The van der Waals surface area contributed by atoms with E-state index in [-0.39, 0.29) is 0 Å². The molecule has 0 aromatic heterocycles. The van der Waals surface area contributed by atoms with Crippen molar-refractivity contribution >= 4 is 16.1 Å². The van der Waals surface area contributed by atoms with Crippen molar-refractivity contribution < 1.29 is 17.2 Å². The number of hydrogen-bond acceptors (Lipinski definition) is 3. The maximum Gasteiger partial charge on any atom is 0.397 e. The lowest BCUT2D eigenvalue weighted by Crippen LogP contribution is -2.41. The lowest BCUT2D eigenvalue weighted by molar-refractivity contribution is 0.324. The van der Waals surface area contributed by atoms with E-state index in [1.54, 1.807) is 0 Å². The van der Waals surface area contributed by atoms with E-state index in [1.807, 2.05) is 0 Å². The Balaban J connectivity index is 0.00000105. The molecular formula is C22H42NO4S+. The quantitative estimate of drug-likeness (QED) is 0.229. The Morgan fingerprint density at radius 3 is 1.61 bits per heavy atom. The monoisotopic (exact) mass is 416 g/mol. The molecule has 6 heteroatoms. The van der Waals surface area contributed by atoms with Gasteiger partial charge in [0.05, 0.1) is 27.7 Å². The minimum absolute atomic E-state index is 0.870. The highest BCUT2D eigenvalue weighted by molar-refractivity contribution is 7.80. The molecule has 28 heavy (non-hydrogen) atoms. The Kier molecular flexibility index (Phi) is 15.4. The molecule has 164 valence electrons. The molecule has 1 rings (SSSR count). The van der Waals surface area contributed by atoms with Gasteiger partial charge in [-0.15, -0.1) is 0 Å². The minimum atomic E-state index is -4.16. The maximum absolute atomic E-state index is 9.33. The fourth-order valence-electron chi connectivity index (χ4n) is 3.13. The van der Waals surface area contributed by atoms with Crippen LogP contribution in [0.2, 0.25) is 0 Å². The zero-order chi connectivity index (χ0) is 21.3. The molecule has 1 aromatic rings. The van der Waals surface area contributed by atoms with E-state index >= 15 is 0 Å². The van der Waals surface area contributed by atoms with Crippen LogP contribution in [0.5, 0.6) is 0 Å². The third-order valence-corrected chi connectivity index (χ3v) is 5.41. The number of benzene rings is 1. The SMILES string of the molecule is CCCCCCCCCCCCC[N+](C)(C)c1ccccc1.COS(=O)(=O)O. The summed E-state index contributed by atoms with van der Waals surface area (Å²) < 4.78 is 30.7. The van der Waals surface area contributed by atoms with Crippen LogP contribution in [0.1, 0.15) is 77.6 Å². The van der Waals surface area contributed by atoms with Gasteiger partial charge in [0, 0.05) is 0 Å². The molecule has 0 bridgehead atoms. The highest BCUT2D eigenvalue weighted by atomic mass is 32.3. The van der Waals surface area contributed by atoms with E-state index < -0.39 is 10.4 Å². The van der Waals surface area contributed by atoms with Gasteiger partial charge in [0.1, 0.15) is 5.69 Å². The highest BCUT2D eigenvalue weighted by Crippen LogP contribution is 2.19. The van der Waals surface area contributed by atoms with E-state index in [2.05, 4.69) is 55.5 Å². The Bertz CT molecular complexity index is 573. The standard InChI is InChI=1S/C21H38N.CH4O4S/c1-4-5-6-7-8-9-10-11-12-13-17-20-22(2,3)21-18-15-14-16-19-21;1-5-6(2,3)4/h14-16,18-19H,4-13,17,20H2,1-3H3;1H3,(H,2,3,4)/q+1;. The van der Waals surface area contributed by atoms with Crippen LogP contribution in [0.3, 0.4) is 0 Å². The van der Waals surface area contributed by atoms with Crippen LogP contribution in [0.25, 0.3) is 0 Å². The van der Waals surface area contributed by atoms with E-state index in [9.17, 15) is 8.42 Å². The summed E-state index contributed by atoms with van der Waals surface area (Å²) in [5.41, 5.74) is 1.43. The molecule has 1 N–H and O–H groups in total. The van der Waals surface area contributed by atoms with Crippen LogP contribution in [-0.4, -0.2) is 40.7 Å². The van der Waals surface area contributed by atoms with Crippen molar-refractivity contribution in [1.29, 1.82) is 0 Å². The highest BCUT2D eigenvalue weighted by Gasteiger charge is 2.17. The molecule has 0 heterocycles. The van der Waals surface area contributed by atoms with Crippen LogP contribution in [0, 0.1) is 0 Å². The number of hydrogen-bond donors (Lipinski definition) is 1. The summed E-state index contributed by atoms with van der Waals surface area (Å²) >= 11 is 0. The number of para-hydroxylation sites is 1. The molecule has 0 fully saturated rings. The van der Waals surface area contributed by atoms with E-state index in [0.29, 0.717) is 0 Å². The van der Waals surface area contributed by atoms with Crippen molar-refractivity contribution in [3.63, 3.8) is 0 Å². The molecule has 0 amide bonds. The van der Waals surface area contributed by atoms with Crippen LogP contribution in [0.4, 0.5) is 5.69 Å². The first-order chi connectivity index (χ1) is 13.2. The average Bonchev–Trinajstić information content (AvgIpc) is 2.67. The Hall–Kier alpha value is -0.950. The maximum atomic E-state index is 9.33. The molecule has 1 aromatic carbocycles. The van der Waals surface area contributed by atoms with E-state index in [0.717, 1.165) is 11.6 Å². The topological polar surface area (TPSA) is 63.6 Å². The van der Waals surface area contributed by atoms with Crippen LogP contribution in [0.15, 0.2) is 30.3 Å². The van der Waals surface area contributed by atoms with Gasteiger partial charge in [0.15, 0.2) is 0 Å². The van der Waals surface area contributed by atoms with Gasteiger partial charge in [-0.05, 0) is 25.0 Å². The van der Waals surface area contributed by atoms with Gasteiger partial charge in [0.2, 0.25) is 0 Å². The average molecular weight is 417 g/mol. The predicted octanol–water partition coefficient (Wildman–Crippen LogP) is 6.00. The van der Waals surface area contributed by atoms with Crippen molar-refractivity contribution in [3.8, 4) is 0 Å². The van der Waals surface area contributed by atoms with Gasteiger partial charge in [-0.25, -0.2) is 0 Å². The normalized spacial score (nSPS) is 11.8. The molecule has 0 aliphatic rings. The molecule has 0 saturated carbocycles. The fraction of sp³-hybridized carbons (Fsp3) is 0.727. The third kappa shape index (κ3) is 16.0. The largest absolute Gasteiger partial charge is 0.397 e. The molecule has 0 spiro atoms. The minimum Gasteiger partial charge on any atom is -0.296 e. The van der Waals surface area contributed by atoms with Gasteiger partial charge < -0.3 is 0 Å². The lowest BCUT2D eigenvalue weighted by Gasteiger charge is -2.29. The van der Waals surface area contributed by atoms with E-state index in [1.165, 1.54) is 82.9 Å². The first kappa shape index (κ1) is 27.0. The lowest BCUT2D eigenvalue weighted by atomic mass is 10.1. The summed E-state index contributed by atoms with van der Waals surface area (Å²) in [6, 6.07) is 10.9. The molecular weight excluding hydrogens is 374 g/mol. The Morgan fingerprint density at radius 1 is 0.821 bits per heavy atom. The molecule has 0 saturated heterocycles. The zero-order valence-electron chi connectivity index (χ0n) is 18.4. The van der Waals surface area contributed by atoms with Crippen molar-refractivity contribution in [3.05, 3.63) is 30.3 Å². The molecule has 0 atom stereocenters. The molecule has 5 nitrogen and oxygen atoms in total. The Labute approximate surface area is 173 Å². The van der Waals surface area contributed by atoms with Gasteiger partial charge in [-0.3, -0.25) is 13.2 Å². The third-order valence-electron chi connectivity index (χ3n) is 4.99. The summed E-state index contributed by atoms with van der Waals surface area (Å²) in [6.07, 6.45) is 15.6. The van der Waals surface area contributed by atoms with Crippen LogP contribution < -0.4 is 4.48 Å². The number of nitrogens with zero attached hydrogens (tertiary/aromatic N) is 1. The van der Waals surface area contributed by atoms with Gasteiger partial charge in [-0.1, -0.05) is 82.9 Å². The smallest absolute Gasteiger partial charge is 0.296 e. The summed E-state index contributed by atoms with van der Waals surface area (Å²) in [5, 5.41) is 0.